The van der Waals surface area contributed by atoms with Crippen LogP contribution in [0.15, 0.2) is 52.6 Å². The van der Waals surface area contributed by atoms with Crippen LogP contribution in [0.3, 0.4) is 0 Å². The second-order valence-corrected chi connectivity index (χ2v) is 7.02. The quantitative estimate of drug-likeness (QED) is 0.479. The minimum Gasteiger partial charge on any atom is -0.351 e. The largest absolute Gasteiger partial charge is 0.351 e. The fourth-order valence-electron chi connectivity index (χ4n) is 3.45. The van der Waals surface area contributed by atoms with Gasteiger partial charge < -0.3 is 9.42 Å². The summed E-state index contributed by atoms with van der Waals surface area (Å²) in [6, 6.07) is 12.8. The predicted octanol–water partition coefficient (Wildman–Crippen LogP) is 4.42. The van der Waals surface area contributed by atoms with Crippen molar-refractivity contribution in [2.24, 2.45) is 0 Å². The van der Waals surface area contributed by atoms with Crippen LogP contribution >= 0.6 is 0 Å². The molecule has 2 aromatic heterocycles. The van der Waals surface area contributed by atoms with Crippen LogP contribution in [0.5, 0.6) is 0 Å². The Morgan fingerprint density at radius 2 is 1.93 bits per heavy atom. The molecule has 3 aromatic rings. The topological polar surface area (TPSA) is 98.2 Å². The second-order valence-electron chi connectivity index (χ2n) is 7.02. The number of anilines is 1. The Hall–Kier alpha value is -3.55. The molecule has 0 amide bonds. The van der Waals surface area contributed by atoms with Gasteiger partial charge >= 0.3 is 5.69 Å². The normalized spacial score (nSPS) is 16.0. The molecule has 0 saturated carbocycles. The first-order valence-corrected chi connectivity index (χ1v) is 9.56. The Kier molecular flexibility index (Phi) is 5.33. The third-order valence-corrected chi connectivity index (χ3v) is 4.91. The van der Waals surface area contributed by atoms with Crippen molar-refractivity contribution < 1.29 is 9.45 Å². The van der Waals surface area contributed by atoms with Crippen LogP contribution < -0.4 is 4.90 Å². The Bertz CT molecular complexity index is 1050. The molecule has 1 saturated heterocycles. The average Bonchev–Trinajstić information content (AvgIpc) is 3.06. The fraction of sp³-hybridized carbons (Fsp3) is 0.286. The van der Waals surface area contributed by atoms with Crippen LogP contribution in [-0.2, 0) is 0 Å². The van der Waals surface area contributed by atoms with Gasteiger partial charge in [0.25, 0.3) is 5.89 Å². The minimum absolute atomic E-state index is 0.0497. The molecule has 4 rings (SSSR count). The highest BCUT2D eigenvalue weighted by Crippen LogP contribution is 2.29. The molecular weight excluding hydrogens is 370 g/mol. The van der Waals surface area contributed by atoms with Gasteiger partial charge in [0, 0.05) is 30.4 Å². The monoisotopic (exact) mass is 391 g/mol. The van der Waals surface area contributed by atoms with Gasteiger partial charge in [0.05, 0.1) is 4.92 Å². The maximum Gasteiger partial charge on any atom is 0.311 e. The molecule has 1 fully saturated rings. The molecule has 0 aliphatic carbocycles. The van der Waals surface area contributed by atoms with Crippen LogP contribution in [-0.4, -0.2) is 33.1 Å². The smallest absolute Gasteiger partial charge is 0.311 e. The van der Waals surface area contributed by atoms with E-state index >= 15 is 0 Å². The molecule has 0 N–H and O–H groups in total. The number of rotatable bonds is 4. The van der Waals surface area contributed by atoms with Crippen molar-refractivity contribution in [2.45, 2.75) is 26.2 Å². The summed E-state index contributed by atoms with van der Waals surface area (Å²) in [6.07, 6.45) is 4.48. The molecule has 1 aliphatic heterocycles. The molecule has 8 nitrogen and oxygen atoms in total. The van der Waals surface area contributed by atoms with Gasteiger partial charge in [-0.2, -0.15) is 4.98 Å². The number of aryl methyl sites for hydroxylation is 1. The standard InChI is InChI=1S/C21H21N5O3/c1-15-9-10-18(26(27)28)20(22-15)25-12-5-6-16(11-13-25)14-19-23-21(29-24-19)17-7-3-2-4-8-17/h2-4,7-10,14H,5-6,11-13H2,1H3. The maximum atomic E-state index is 11.4. The molecule has 29 heavy (non-hydrogen) atoms. The molecule has 0 radical (unpaired) electrons. The van der Waals surface area contributed by atoms with Crippen LogP contribution in [0.2, 0.25) is 0 Å². The van der Waals surface area contributed by atoms with Crippen molar-refractivity contribution in [1.29, 1.82) is 0 Å². The van der Waals surface area contributed by atoms with Gasteiger partial charge in [0.2, 0.25) is 5.82 Å². The highest BCUT2D eigenvalue weighted by Gasteiger charge is 2.23. The Labute approximate surface area is 168 Å². The van der Waals surface area contributed by atoms with E-state index in [9.17, 15) is 10.1 Å². The SMILES string of the molecule is Cc1ccc([N+](=O)[O-])c(N2CCCC(=Cc3noc(-c4ccccc4)n3)CC2)n1. The van der Waals surface area contributed by atoms with Gasteiger partial charge in [-0.05, 0) is 50.5 Å². The van der Waals surface area contributed by atoms with Crippen molar-refractivity contribution in [1.82, 2.24) is 15.1 Å². The molecule has 3 heterocycles. The van der Waals surface area contributed by atoms with Gasteiger partial charge in [-0.15, -0.1) is 0 Å². The Morgan fingerprint density at radius 1 is 1.10 bits per heavy atom. The summed E-state index contributed by atoms with van der Waals surface area (Å²) in [6.45, 7) is 3.22. The Balaban J connectivity index is 1.51. The van der Waals surface area contributed by atoms with Gasteiger partial charge in [-0.3, -0.25) is 10.1 Å². The maximum absolute atomic E-state index is 11.4. The first-order valence-electron chi connectivity index (χ1n) is 9.56. The molecular formula is C21H21N5O3. The van der Waals surface area contributed by atoms with E-state index in [1.54, 1.807) is 6.07 Å². The van der Waals surface area contributed by atoms with Crippen molar-refractivity contribution in [3.63, 3.8) is 0 Å². The van der Waals surface area contributed by atoms with E-state index in [2.05, 4.69) is 15.1 Å². The summed E-state index contributed by atoms with van der Waals surface area (Å²) in [5, 5.41) is 15.5. The van der Waals surface area contributed by atoms with E-state index in [1.807, 2.05) is 48.2 Å². The van der Waals surface area contributed by atoms with Crippen LogP contribution in [0.25, 0.3) is 17.5 Å². The average molecular weight is 391 g/mol. The van der Waals surface area contributed by atoms with Crippen LogP contribution in [0, 0.1) is 17.0 Å². The van der Waals surface area contributed by atoms with Gasteiger partial charge in [-0.1, -0.05) is 28.9 Å². The fourth-order valence-corrected chi connectivity index (χ4v) is 3.45. The molecule has 0 spiro atoms. The summed E-state index contributed by atoms with van der Waals surface area (Å²) < 4.78 is 5.37. The first-order chi connectivity index (χ1) is 14.1. The number of pyridine rings is 1. The zero-order valence-corrected chi connectivity index (χ0v) is 16.1. The third-order valence-electron chi connectivity index (χ3n) is 4.91. The lowest BCUT2D eigenvalue weighted by Crippen LogP contribution is -2.26. The summed E-state index contributed by atoms with van der Waals surface area (Å²) in [5.41, 5.74) is 2.90. The lowest BCUT2D eigenvalue weighted by atomic mass is 10.1. The number of nitrogens with zero attached hydrogens (tertiary/aromatic N) is 5. The lowest BCUT2D eigenvalue weighted by Gasteiger charge is -2.21. The van der Waals surface area contributed by atoms with Gasteiger partial charge in [0.15, 0.2) is 5.82 Å². The van der Waals surface area contributed by atoms with Crippen LogP contribution in [0.1, 0.15) is 30.8 Å². The molecule has 0 unspecified atom stereocenters. The molecule has 0 atom stereocenters. The zero-order valence-electron chi connectivity index (χ0n) is 16.1. The van der Waals surface area contributed by atoms with E-state index in [0.717, 1.165) is 37.1 Å². The van der Waals surface area contributed by atoms with E-state index in [0.29, 0.717) is 24.1 Å². The van der Waals surface area contributed by atoms with E-state index < -0.39 is 0 Å². The summed E-state index contributed by atoms with van der Waals surface area (Å²) in [4.78, 5) is 21.9. The minimum atomic E-state index is -0.367. The van der Waals surface area contributed by atoms with Crippen molar-refractivity contribution in [3.8, 4) is 11.5 Å². The van der Waals surface area contributed by atoms with E-state index in [1.165, 1.54) is 11.6 Å². The molecule has 1 aromatic carbocycles. The highest BCUT2D eigenvalue weighted by molar-refractivity contribution is 5.59. The highest BCUT2D eigenvalue weighted by atomic mass is 16.6. The summed E-state index contributed by atoms with van der Waals surface area (Å²) >= 11 is 0. The molecule has 8 heteroatoms. The third kappa shape index (κ3) is 4.31. The first kappa shape index (κ1) is 18.8. The number of benzene rings is 1. The predicted molar refractivity (Wildman–Crippen MR) is 109 cm³/mol. The van der Waals surface area contributed by atoms with Crippen molar-refractivity contribution in [2.75, 3.05) is 18.0 Å². The lowest BCUT2D eigenvalue weighted by molar-refractivity contribution is -0.384. The zero-order chi connectivity index (χ0) is 20.2. The molecule has 1 aliphatic rings. The molecule has 0 bridgehead atoms. The number of hydrogen-bond acceptors (Lipinski definition) is 7. The Morgan fingerprint density at radius 3 is 2.72 bits per heavy atom. The second kappa shape index (κ2) is 8.22. The summed E-state index contributed by atoms with van der Waals surface area (Å²) in [7, 11) is 0. The number of hydrogen-bond donors (Lipinski definition) is 0. The van der Waals surface area contributed by atoms with Gasteiger partial charge in [-0.25, -0.2) is 4.98 Å². The summed E-state index contributed by atoms with van der Waals surface area (Å²) in [5.74, 6) is 1.49. The number of nitro groups is 1. The van der Waals surface area contributed by atoms with Gasteiger partial charge in [0.1, 0.15) is 0 Å². The van der Waals surface area contributed by atoms with Crippen molar-refractivity contribution >= 4 is 17.6 Å². The van der Waals surface area contributed by atoms with Crippen molar-refractivity contribution in [3.05, 3.63) is 69.7 Å². The van der Waals surface area contributed by atoms with Crippen LogP contribution in [0.4, 0.5) is 11.5 Å². The van der Waals surface area contributed by atoms with E-state index in [-0.39, 0.29) is 10.6 Å². The number of aromatic nitrogens is 3. The van der Waals surface area contributed by atoms with E-state index in [4.69, 9.17) is 4.52 Å². The molecule has 148 valence electrons.